The molecule has 6 heteroatoms. The molecule has 1 saturated heterocycles. The number of rotatable bonds is 3. The Balaban J connectivity index is 1.56. The number of aromatic nitrogens is 2. The van der Waals surface area contributed by atoms with Crippen molar-refractivity contribution in [1.82, 2.24) is 14.5 Å². The molecule has 0 unspecified atom stereocenters. The summed E-state index contributed by atoms with van der Waals surface area (Å²) in [7, 11) is 0. The first-order valence-electron chi connectivity index (χ1n) is 10.0. The minimum atomic E-state index is -0.310. The van der Waals surface area contributed by atoms with Gasteiger partial charge in [-0.3, -0.25) is 4.79 Å². The molecule has 5 rings (SSSR count). The monoisotopic (exact) mass is 378 g/mol. The first-order valence-corrected chi connectivity index (χ1v) is 10.0. The molecule has 1 saturated carbocycles. The van der Waals surface area contributed by atoms with E-state index in [1.54, 1.807) is 0 Å². The summed E-state index contributed by atoms with van der Waals surface area (Å²) in [6.45, 7) is 8.32. The van der Waals surface area contributed by atoms with Gasteiger partial charge in [-0.05, 0) is 50.5 Å². The molecule has 3 aliphatic rings. The Morgan fingerprint density at radius 1 is 1.36 bits per heavy atom. The fraction of sp³-hybridized carbons (Fsp3) is 0.455. The minimum absolute atomic E-state index is 0.0240. The van der Waals surface area contributed by atoms with E-state index in [-0.39, 0.29) is 23.5 Å². The third-order valence-electron chi connectivity index (χ3n) is 6.48. The Labute approximate surface area is 165 Å². The van der Waals surface area contributed by atoms with Crippen molar-refractivity contribution in [3.05, 3.63) is 54.5 Å². The van der Waals surface area contributed by atoms with Crippen LogP contribution in [0.5, 0.6) is 0 Å². The van der Waals surface area contributed by atoms with Crippen LogP contribution in [0.25, 0.3) is 5.82 Å². The molecule has 2 fully saturated rings. The number of carbonyl (C=O) groups excluding carboxylic acids is 1. The Morgan fingerprint density at radius 2 is 2.18 bits per heavy atom. The van der Waals surface area contributed by atoms with Crippen molar-refractivity contribution in [1.29, 1.82) is 0 Å². The van der Waals surface area contributed by atoms with Crippen LogP contribution in [-0.2, 0) is 10.3 Å². The third kappa shape index (κ3) is 2.44. The number of hydrogen-bond donors (Lipinski definition) is 1. The van der Waals surface area contributed by atoms with Crippen LogP contribution in [0.15, 0.2) is 48.8 Å². The molecule has 6 nitrogen and oxygen atoms in total. The molecule has 1 N–H and O–H groups in total. The maximum absolute atomic E-state index is 13.0. The van der Waals surface area contributed by atoms with Gasteiger partial charge in [0.1, 0.15) is 5.54 Å². The van der Waals surface area contributed by atoms with Gasteiger partial charge < -0.3 is 19.5 Å². The average molecular weight is 378 g/mol. The van der Waals surface area contributed by atoms with E-state index in [0.29, 0.717) is 19.4 Å². The van der Waals surface area contributed by atoms with Crippen molar-refractivity contribution in [2.45, 2.75) is 37.8 Å². The largest absolute Gasteiger partial charge is 0.393 e. The van der Waals surface area contributed by atoms with E-state index < -0.39 is 0 Å². The third-order valence-corrected chi connectivity index (χ3v) is 6.48. The van der Waals surface area contributed by atoms with Crippen LogP contribution in [0, 0.1) is 5.92 Å². The number of anilines is 1. The Hall–Kier alpha value is -2.60. The summed E-state index contributed by atoms with van der Waals surface area (Å²) in [6.07, 6.45) is 5.65. The van der Waals surface area contributed by atoms with Gasteiger partial charge in [0.2, 0.25) is 5.91 Å². The second kappa shape index (κ2) is 6.21. The lowest BCUT2D eigenvalue weighted by molar-refractivity contribution is -0.141. The lowest BCUT2D eigenvalue weighted by Gasteiger charge is -2.47. The molecule has 1 amide bonds. The molecule has 28 heavy (non-hydrogen) atoms. The Bertz CT molecular complexity index is 946. The van der Waals surface area contributed by atoms with Crippen LogP contribution < -0.4 is 4.90 Å². The summed E-state index contributed by atoms with van der Waals surface area (Å²) >= 11 is 0. The molecule has 0 radical (unpaired) electrons. The number of amides is 1. The fourth-order valence-electron chi connectivity index (χ4n) is 5.06. The van der Waals surface area contributed by atoms with Crippen LogP contribution in [-0.4, -0.2) is 51.2 Å². The van der Waals surface area contributed by atoms with E-state index in [4.69, 9.17) is 0 Å². The summed E-state index contributed by atoms with van der Waals surface area (Å²) in [5, 5.41) is 9.61. The van der Waals surface area contributed by atoms with E-state index in [2.05, 4.69) is 45.4 Å². The second-order valence-electron chi connectivity index (χ2n) is 8.52. The lowest BCUT2D eigenvalue weighted by Crippen LogP contribution is -2.54. The van der Waals surface area contributed by atoms with E-state index in [9.17, 15) is 9.90 Å². The lowest BCUT2D eigenvalue weighted by atomic mass is 9.81. The van der Waals surface area contributed by atoms with Gasteiger partial charge in [-0.15, -0.1) is 0 Å². The van der Waals surface area contributed by atoms with E-state index >= 15 is 0 Å². The van der Waals surface area contributed by atoms with Gasteiger partial charge in [0.25, 0.3) is 0 Å². The summed E-state index contributed by atoms with van der Waals surface area (Å²) in [5.41, 5.74) is 3.07. The van der Waals surface area contributed by atoms with E-state index in [1.165, 1.54) is 5.69 Å². The molecule has 0 bridgehead atoms. The number of carbonyl (C=O) groups is 1. The van der Waals surface area contributed by atoms with Crippen molar-refractivity contribution in [2.75, 3.05) is 24.5 Å². The standard InChI is InChI=1S/C22H26N4O2/c1-15(2)13-26-18-5-3-8-23-20(18)25-9-4-6-19(25)22(26)7-10-24(14-22)21(28)16-11-17(27)12-16/h3-6,8-9,16-17,27H,1,7,10-14H2,2H3/t16?,17?,22-/m1/s1. The molecular weight excluding hydrogens is 352 g/mol. The van der Waals surface area contributed by atoms with Crippen LogP contribution in [0.4, 0.5) is 5.69 Å². The van der Waals surface area contributed by atoms with Gasteiger partial charge in [-0.1, -0.05) is 12.2 Å². The summed E-state index contributed by atoms with van der Waals surface area (Å²) in [4.78, 5) is 22.0. The predicted molar refractivity (Wildman–Crippen MR) is 107 cm³/mol. The van der Waals surface area contributed by atoms with Crippen LogP contribution >= 0.6 is 0 Å². The summed E-state index contributed by atoms with van der Waals surface area (Å²) < 4.78 is 2.17. The molecule has 146 valence electrons. The van der Waals surface area contributed by atoms with Gasteiger partial charge in [-0.2, -0.15) is 0 Å². The van der Waals surface area contributed by atoms with Crippen LogP contribution in [0.3, 0.4) is 0 Å². The minimum Gasteiger partial charge on any atom is -0.393 e. The number of pyridine rings is 1. The first-order chi connectivity index (χ1) is 13.5. The number of hydrogen-bond acceptors (Lipinski definition) is 4. The molecular formula is C22H26N4O2. The van der Waals surface area contributed by atoms with Crippen molar-refractivity contribution < 1.29 is 9.90 Å². The van der Waals surface area contributed by atoms with Gasteiger partial charge in [0.15, 0.2) is 5.82 Å². The highest BCUT2D eigenvalue weighted by atomic mass is 16.3. The van der Waals surface area contributed by atoms with Crippen molar-refractivity contribution in [2.24, 2.45) is 5.92 Å². The topological polar surface area (TPSA) is 61.6 Å². The highest BCUT2D eigenvalue weighted by molar-refractivity contribution is 5.81. The zero-order valence-electron chi connectivity index (χ0n) is 16.2. The average Bonchev–Trinajstić information content (AvgIpc) is 3.30. The number of aliphatic hydroxyl groups is 1. The summed E-state index contributed by atoms with van der Waals surface area (Å²) in [5.74, 6) is 1.10. The van der Waals surface area contributed by atoms with Crippen molar-refractivity contribution >= 4 is 11.6 Å². The second-order valence-corrected chi connectivity index (χ2v) is 8.52. The van der Waals surface area contributed by atoms with Crippen LogP contribution in [0.2, 0.25) is 0 Å². The Kier molecular flexibility index (Phi) is 3.88. The predicted octanol–water partition coefficient (Wildman–Crippen LogP) is 2.47. The van der Waals surface area contributed by atoms with Gasteiger partial charge in [0.05, 0.1) is 17.5 Å². The zero-order chi connectivity index (χ0) is 19.5. The number of nitrogens with zero attached hydrogens (tertiary/aromatic N) is 4. The fourth-order valence-corrected chi connectivity index (χ4v) is 5.06. The molecule has 1 atom stereocenters. The maximum atomic E-state index is 13.0. The van der Waals surface area contributed by atoms with Gasteiger partial charge in [0, 0.05) is 37.9 Å². The van der Waals surface area contributed by atoms with Crippen LogP contribution in [0.1, 0.15) is 31.9 Å². The molecule has 1 aliphatic carbocycles. The molecule has 2 aliphatic heterocycles. The molecule has 1 spiro atoms. The van der Waals surface area contributed by atoms with Crippen molar-refractivity contribution in [3.63, 3.8) is 0 Å². The normalized spacial score (nSPS) is 28.1. The first kappa shape index (κ1) is 17.5. The maximum Gasteiger partial charge on any atom is 0.225 e. The van der Waals surface area contributed by atoms with Crippen molar-refractivity contribution in [3.8, 4) is 5.82 Å². The van der Waals surface area contributed by atoms with Gasteiger partial charge >= 0.3 is 0 Å². The van der Waals surface area contributed by atoms with E-state index in [1.807, 2.05) is 24.1 Å². The number of fused-ring (bicyclic) bond motifs is 4. The van der Waals surface area contributed by atoms with Gasteiger partial charge in [-0.25, -0.2) is 4.98 Å². The highest BCUT2D eigenvalue weighted by Gasteiger charge is 2.51. The number of likely N-dealkylation sites (tertiary alicyclic amines) is 1. The molecule has 4 heterocycles. The van der Waals surface area contributed by atoms with E-state index in [0.717, 1.165) is 36.6 Å². The molecule has 0 aromatic carbocycles. The molecule has 2 aromatic heterocycles. The summed E-state index contributed by atoms with van der Waals surface area (Å²) in [6, 6.07) is 8.31. The number of aliphatic hydroxyl groups excluding tert-OH is 1. The Morgan fingerprint density at radius 3 is 2.93 bits per heavy atom. The molecule has 2 aromatic rings. The highest BCUT2D eigenvalue weighted by Crippen LogP contribution is 2.47. The smallest absolute Gasteiger partial charge is 0.225 e. The quantitative estimate of drug-likeness (QED) is 0.834. The SMILES string of the molecule is C=C(C)CN1c2cccnc2-n2cccc2[C@]12CCN(C(=O)C1CC(O)C1)C2. The zero-order valence-corrected chi connectivity index (χ0v) is 16.2.